The first-order chi connectivity index (χ1) is 10.8. The number of piperazine rings is 1. The van der Waals surface area contributed by atoms with Crippen LogP contribution in [-0.2, 0) is 22.0 Å². The standard InChI is InChI=1S/C14H25N5O3S.ClH/c1-14(2)11-18(8-9-22-14)23(20,21)19-7-4-15-10-12(19)13-16-5-6-17(13)3;/h5-6,12,15H,4,7-11H2,1-3H3;1H. The van der Waals surface area contributed by atoms with Gasteiger partial charge in [0.2, 0.25) is 0 Å². The number of aromatic nitrogens is 2. The minimum absolute atomic E-state index is 0. The minimum atomic E-state index is -3.55. The average Bonchev–Trinajstić information content (AvgIpc) is 2.92. The van der Waals surface area contributed by atoms with Crippen molar-refractivity contribution in [3.05, 3.63) is 18.2 Å². The lowest BCUT2D eigenvalue weighted by Crippen LogP contribution is -2.58. The monoisotopic (exact) mass is 379 g/mol. The van der Waals surface area contributed by atoms with Crippen LogP contribution >= 0.6 is 12.4 Å². The number of hydrogen-bond acceptors (Lipinski definition) is 5. The fraction of sp³-hybridized carbons (Fsp3) is 0.786. The van der Waals surface area contributed by atoms with E-state index in [0.717, 1.165) is 5.82 Å². The zero-order chi connectivity index (χ0) is 16.7. The molecule has 2 aliphatic rings. The fourth-order valence-corrected chi connectivity index (χ4v) is 5.09. The van der Waals surface area contributed by atoms with Gasteiger partial charge in [-0.3, -0.25) is 0 Å². The molecular weight excluding hydrogens is 354 g/mol. The zero-order valence-corrected chi connectivity index (χ0v) is 15.9. The summed E-state index contributed by atoms with van der Waals surface area (Å²) in [5.41, 5.74) is -0.460. The van der Waals surface area contributed by atoms with Crippen molar-refractivity contribution in [1.29, 1.82) is 0 Å². The minimum Gasteiger partial charge on any atom is -0.373 e. The largest absolute Gasteiger partial charge is 0.373 e. The lowest BCUT2D eigenvalue weighted by atomic mass is 10.1. The van der Waals surface area contributed by atoms with Crippen LogP contribution in [-0.4, -0.2) is 71.5 Å². The average molecular weight is 380 g/mol. The molecule has 0 aromatic carbocycles. The molecule has 8 nitrogen and oxygen atoms in total. The smallest absolute Gasteiger partial charge is 0.282 e. The van der Waals surface area contributed by atoms with Crippen molar-refractivity contribution in [2.75, 3.05) is 39.3 Å². The van der Waals surface area contributed by atoms with Gasteiger partial charge in [0.1, 0.15) is 5.82 Å². The van der Waals surface area contributed by atoms with Gasteiger partial charge in [-0.05, 0) is 13.8 Å². The number of rotatable bonds is 3. The van der Waals surface area contributed by atoms with Crippen LogP contribution in [0.2, 0.25) is 0 Å². The fourth-order valence-electron chi connectivity index (χ4n) is 3.20. The van der Waals surface area contributed by atoms with Crippen LogP contribution in [0.25, 0.3) is 0 Å². The van der Waals surface area contributed by atoms with E-state index in [1.165, 1.54) is 4.31 Å². The second kappa shape index (κ2) is 7.27. The van der Waals surface area contributed by atoms with Crippen molar-refractivity contribution in [2.45, 2.75) is 25.5 Å². The molecule has 138 valence electrons. The third-order valence-electron chi connectivity index (χ3n) is 4.36. The molecule has 1 unspecified atom stereocenters. The van der Waals surface area contributed by atoms with Gasteiger partial charge in [-0.2, -0.15) is 17.0 Å². The SMILES string of the molecule is Cl.Cn1ccnc1C1CNCCN1S(=O)(=O)N1CCOC(C)(C)C1. The maximum atomic E-state index is 13.2. The van der Waals surface area contributed by atoms with E-state index < -0.39 is 15.8 Å². The third-order valence-corrected chi connectivity index (χ3v) is 6.36. The molecule has 1 N–H and O–H groups in total. The Kier molecular flexibility index (Phi) is 5.94. The topological polar surface area (TPSA) is 79.7 Å². The Labute approximate surface area is 149 Å². The summed E-state index contributed by atoms with van der Waals surface area (Å²) < 4.78 is 37.0. The molecule has 0 radical (unpaired) electrons. The summed E-state index contributed by atoms with van der Waals surface area (Å²) >= 11 is 0. The highest BCUT2D eigenvalue weighted by atomic mass is 35.5. The highest BCUT2D eigenvalue weighted by Gasteiger charge is 2.42. The van der Waals surface area contributed by atoms with E-state index in [9.17, 15) is 8.42 Å². The maximum absolute atomic E-state index is 13.2. The van der Waals surface area contributed by atoms with E-state index >= 15 is 0 Å². The third kappa shape index (κ3) is 3.76. The van der Waals surface area contributed by atoms with E-state index in [2.05, 4.69) is 10.3 Å². The molecular formula is C14H26ClN5O3S. The summed E-state index contributed by atoms with van der Waals surface area (Å²) in [7, 11) is -1.67. The van der Waals surface area contributed by atoms with E-state index in [1.807, 2.05) is 31.7 Å². The summed E-state index contributed by atoms with van der Waals surface area (Å²) in [4.78, 5) is 4.35. The Hall–Kier alpha value is -0.710. The van der Waals surface area contributed by atoms with Crippen LogP contribution in [0.4, 0.5) is 0 Å². The Bertz CT molecular complexity index is 663. The van der Waals surface area contributed by atoms with Crippen molar-refractivity contribution >= 4 is 22.6 Å². The molecule has 1 aromatic heterocycles. The van der Waals surface area contributed by atoms with Crippen LogP contribution in [0.5, 0.6) is 0 Å². The lowest BCUT2D eigenvalue weighted by molar-refractivity contribution is -0.0656. The van der Waals surface area contributed by atoms with Crippen LogP contribution in [0.15, 0.2) is 12.4 Å². The second-order valence-corrected chi connectivity index (χ2v) is 8.56. The Morgan fingerprint density at radius 1 is 1.38 bits per heavy atom. The van der Waals surface area contributed by atoms with Gasteiger partial charge >= 0.3 is 0 Å². The molecule has 0 saturated carbocycles. The Balaban J connectivity index is 0.00000208. The van der Waals surface area contributed by atoms with Gasteiger partial charge < -0.3 is 14.6 Å². The predicted molar refractivity (Wildman–Crippen MR) is 93.3 cm³/mol. The van der Waals surface area contributed by atoms with Gasteiger partial charge in [0.25, 0.3) is 10.2 Å². The van der Waals surface area contributed by atoms with Gasteiger partial charge in [-0.1, -0.05) is 0 Å². The lowest BCUT2D eigenvalue weighted by Gasteiger charge is -2.42. The zero-order valence-electron chi connectivity index (χ0n) is 14.3. The Morgan fingerprint density at radius 2 is 2.12 bits per heavy atom. The molecule has 2 fully saturated rings. The highest BCUT2D eigenvalue weighted by Crippen LogP contribution is 2.28. The van der Waals surface area contributed by atoms with Gasteiger partial charge in [0.05, 0.1) is 18.2 Å². The van der Waals surface area contributed by atoms with Crippen molar-refractivity contribution in [2.24, 2.45) is 7.05 Å². The number of ether oxygens (including phenoxy) is 1. The second-order valence-electron chi connectivity index (χ2n) is 6.68. The van der Waals surface area contributed by atoms with E-state index in [4.69, 9.17) is 4.74 Å². The summed E-state index contributed by atoms with van der Waals surface area (Å²) in [6.07, 6.45) is 3.54. The van der Waals surface area contributed by atoms with E-state index in [1.54, 1.807) is 10.5 Å². The van der Waals surface area contributed by atoms with Crippen LogP contribution in [0.3, 0.4) is 0 Å². The van der Waals surface area contributed by atoms with Gasteiger partial charge in [0, 0.05) is 52.2 Å². The number of hydrogen-bond donors (Lipinski definition) is 1. The predicted octanol–water partition coefficient (Wildman–Crippen LogP) is 0.144. The first kappa shape index (κ1) is 19.6. The van der Waals surface area contributed by atoms with E-state index in [0.29, 0.717) is 39.3 Å². The van der Waals surface area contributed by atoms with Crippen molar-refractivity contribution in [1.82, 2.24) is 23.5 Å². The first-order valence-electron chi connectivity index (χ1n) is 7.90. The van der Waals surface area contributed by atoms with Crippen LogP contribution < -0.4 is 5.32 Å². The molecule has 0 bridgehead atoms. The Morgan fingerprint density at radius 3 is 2.75 bits per heavy atom. The van der Waals surface area contributed by atoms with Crippen molar-refractivity contribution < 1.29 is 13.2 Å². The molecule has 0 amide bonds. The molecule has 2 aliphatic heterocycles. The number of halogens is 1. The summed E-state index contributed by atoms with van der Waals surface area (Å²) in [5, 5.41) is 3.27. The van der Waals surface area contributed by atoms with Gasteiger partial charge in [0.15, 0.2) is 0 Å². The number of nitrogens with zero attached hydrogens (tertiary/aromatic N) is 4. The molecule has 0 spiro atoms. The number of aryl methyl sites for hydroxylation is 1. The van der Waals surface area contributed by atoms with Crippen LogP contribution in [0, 0.1) is 0 Å². The number of imidazole rings is 1. The summed E-state index contributed by atoms with van der Waals surface area (Å²) in [6, 6.07) is -0.292. The molecule has 1 aromatic rings. The van der Waals surface area contributed by atoms with Gasteiger partial charge in [-0.25, -0.2) is 4.98 Å². The van der Waals surface area contributed by atoms with Crippen molar-refractivity contribution in [3.63, 3.8) is 0 Å². The maximum Gasteiger partial charge on any atom is 0.282 e. The molecule has 10 heteroatoms. The summed E-state index contributed by atoms with van der Waals surface area (Å²) in [6.45, 7) is 6.68. The molecule has 2 saturated heterocycles. The molecule has 1 atom stereocenters. The van der Waals surface area contributed by atoms with Crippen LogP contribution in [0.1, 0.15) is 25.7 Å². The van der Waals surface area contributed by atoms with Crippen molar-refractivity contribution in [3.8, 4) is 0 Å². The molecule has 3 heterocycles. The van der Waals surface area contributed by atoms with Gasteiger partial charge in [-0.15, -0.1) is 12.4 Å². The molecule has 24 heavy (non-hydrogen) atoms. The number of morpholine rings is 1. The normalized spacial score (nSPS) is 26.0. The quantitative estimate of drug-likeness (QED) is 0.808. The first-order valence-corrected chi connectivity index (χ1v) is 9.30. The molecule has 0 aliphatic carbocycles. The number of nitrogens with one attached hydrogen (secondary N) is 1. The highest BCUT2D eigenvalue weighted by molar-refractivity contribution is 7.86. The molecule has 3 rings (SSSR count). The van der Waals surface area contributed by atoms with E-state index in [-0.39, 0.29) is 18.4 Å². The summed E-state index contributed by atoms with van der Waals surface area (Å²) in [5.74, 6) is 0.758.